The number of aliphatic hydroxyl groups is 1. The molecule has 1 aliphatic rings. The number of rotatable bonds is 1. The van der Waals surface area contributed by atoms with Crippen LogP contribution in [0.1, 0.15) is 37.2 Å². The van der Waals surface area contributed by atoms with E-state index in [1.165, 1.54) is 0 Å². The largest absolute Gasteiger partial charge is 0.392 e. The van der Waals surface area contributed by atoms with Crippen LogP contribution >= 0.6 is 0 Å². The summed E-state index contributed by atoms with van der Waals surface area (Å²) < 4.78 is 0. The Morgan fingerprint density at radius 3 is 2.86 bits per heavy atom. The van der Waals surface area contributed by atoms with E-state index in [2.05, 4.69) is 10.2 Å². The van der Waals surface area contributed by atoms with Gasteiger partial charge in [-0.1, -0.05) is 12.8 Å². The number of hydrogen-bond donors (Lipinski definition) is 2. The van der Waals surface area contributed by atoms with Gasteiger partial charge in [0.2, 0.25) is 0 Å². The molecule has 2 atom stereocenters. The maximum absolute atomic E-state index is 9.84. The maximum atomic E-state index is 9.84. The van der Waals surface area contributed by atoms with Crippen molar-refractivity contribution in [3.8, 4) is 0 Å². The zero-order chi connectivity index (χ0) is 9.97. The van der Waals surface area contributed by atoms with Crippen molar-refractivity contribution < 1.29 is 5.11 Å². The average Bonchev–Trinajstić information content (AvgIpc) is 2.20. The van der Waals surface area contributed by atoms with Gasteiger partial charge in [0, 0.05) is 11.5 Å². The first kappa shape index (κ1) is 9.40. The fourth-order valence-electron chi connectivity index (χ4n) is 2.14. The van der Waals surface area contributed by atoms with Gasteiger partial charge < -0.3 is 10.8 Å². The zero-order valence-electron chi connectivity index (χ0n) is 8.06. The highest BCUT2D eigenvalue weighted by molar-refractivity contribution is 5.40. The van der Waals surface area contributed by atoms with Crippen LogP contribution in [0.2, 0.25) is 0 Å². The van der Waals surface area contributed by atoms with E-state index in [-0.39, 0.29) is 12.0 Å². The van der Waals surface area contributed by atoms with Crippen molar-refractivity contribution in [3.63, 3.8) is 0 Å². The molecule has 1 heterocycles. The summed E-state index contributed by atoms with van der Waals surface area (Å²) >= 11 is 0. The molecule has 14 heavy (non-hydrogen) atoms. The minimum Gasteiger partial charge on any atom is -0.392 e. The molecule has 2 rings (SSSR count). The van der Waals surface area contributed by atoms with E-state index in [1.807, 2.05) is 6.07 Å². The Labute approximate surface area is 83.2 Å². The molecule has 0 radical (unpaired) electrons. The minimum absolute atomic E-state index is 0.152. The van der Waals surface area contributed by atoms with Crippen molar-refractivity contribution in [3.05, 3.63) is 17.8 Å². The molecule has 0 amide bonds. The molecular weight excluding hydrogens is 178 g/mol. The van der Waals surface area contributed by atoms with Gasteiger partial charge in [-0.2, -0.15) is 5.10 Å². The number of aliphatic hydroxyl groups excluding tert-OH is 1. The lowest BCUT2D eigenvalue weighted by Gasteiger charge is -2.28. The second-order valence-electron chi connectivity index (χ2n) is 3.83. The van der Waals surface area contributed by atoms with Crippen molar-refractivity contribution in [1.29, 1.82) is 0 Å². The molecule has 4 heteroatoms. The third-order valence-corrected chi connectivity index (χ3v) is 2.91. The fraction of sp³-hybridized carbons (Fsp3) is 0.600. The summed E-state index contributed by atoms with van der Waals surface area (Å²) in [7, 11) is 0. The monoisotopic (exact) mass is 193 g/mol. The summed E-state index contributed by atoms with van der Waals surface area (Å²) in [6.45, 7) is 0. The number of anilines is 1. The topological polar surface area (TPSA) is 72.0 Å². The molecule has 1 saturated carbocycles. The summed E-state index contributed by atoms with van der Waals surface area (Å²) in [5.74, 6) is 0.609. The van der Waals surface area contributed by atoms with Crippen LogP contribution in [-0.2, 0) is 0 Å². The highest BCUT2D eigenvalue weighted by Gasteiger charge is 2.26. The van der Waals surface area contributed by atoms with E-state index in [0.29, 0.717) is 5.82 Å². The molecule has 0 saturated heterocycles. The lowest BCUT2D eigenvalue weighted by molar-refractivity contribution is 0.106. The van der Waals surface area contributed by atoms with E-state index in [0.717, 1.165) is 31.2 Å². The Bertz CT molecular complexity index is 316. The van der Waals surface area contributed by atoms with Crippen molar-refractivity contribution >= 4 is 5.82 Å². The first-order chi connectivity index (χ1) is 6.79. The SMILES string of the molecule is Nc1nnccc1[C@H]1CCCC[C@@H]1O. The van der Waals surface area contributed by atoms with E-state index in [4.69, 9.17) is 5.73 Å². The summed E-state index contributed by atoms with van der Waals surface area (Å²) in [5.41, 5.74) is 6.68. The Hall–Kier alpha value is -1.16. The third kappa shape index (κ3) is 1.70. The number of nitrogen functional groups attached to an aromatic ring is 1. The first-order valence-corrected chi connectivity index (χ1v) is 5.04. The minimum atomic E-state index is -0.268. The Morgan fingerprint density at radius 1 is 1.36 bits per heavy atom. The van der Waals surface area contributed by atoms with Crippen molar-refractivity contribution in [1.82, 2.24) is 10.2 Å². The standard InChI is InChI=1S/C10H15N3O/c11-10-8(5-6-12-13-10)7-3-1-2-4-9(7)14/h5-7,9,14H,1-4H2,(H2,11,13)/t7-,9+/m1/s1. The van der Waals surface area contributed by atoms with Crippen molar-refractivity contribution in [2.24, 2.45) is 0 Å². The Morgan fingerprint density at radius 2 is 2.14 bits per heavy atom. The number of nitrogens with two attached hydrogens (primary N) is 1. The van der Waals surface area contributed by atoms with E-state index in [9.17, 15) is 5.11 Å². The molecule has 0 aromatic carbocycles. The molecule has 3 N–H and O–H groups in total. The van der Waals surface area contributed by atoms with Gasteiger partial charge >= 0.3 is 0 Å². The van der Waals surface area contributed by atoms with Crippen LogP contribution < -0.4 is 5.73 Å². The lowest BCUT2D eigenvalue weighted by atomic mass is 9.82. The summed E-state index contributed by atoms with van der Waals surface area (Å²) in [4.78, 5) is 0. The molecule has 0 spiro atoms. The molecule has 0 aliphatic heterocycles. The van der Waals surface area contributed by atoms with Crippen molar-refractivity contribution in [2.75, 3.05) is 5.73 Å². The summed E-state index contributed by atoms with van der Waals surface area (Å²) in [6.07, 6.45) is 5.49. The second kappa shape index (κ2) is 3.92. The third-order valence-electron chi connectivity index (χ3n) is 2.91. The highest BCUT2D eigenvalue weighted by atomic mass is 16.3. The zero-order valence-corrected chi connectivity index (χ0v) is 8.06. The molecule has 0 unspecified atom stereocenters. The fourth-order valence-corrected chi connectivity index (χ4v) is 2.14. The van der Waals surface area contributed by atoms with Gasteiger partial charge in [-0.25, -0.2) is 0 Å². The smallest absolute Gasteiger partial charge is 0.149 e. The van der Waals surface area contributed by atoms with Gasteiger partial charge in [-0.3, -0.25) is 0 Å². The van der Waals surface area contributed by atoms with Gasteiger partial charge in [-0.05, 0) is 18.9 Å². The summed E-state index contributed by atoms with van der Waals surface area (Å²) in [5, 5.41) is 17.4. The quantitative estimate of drug-likeness (QED) is 0.700. The number of aromatic nitrogens is 2. The maximum Gasteiger partial charge on any atom is 0.149 e. The molecule has 1 fully saturated rings. The normalized spacial score (nSPS) is 27.5. The average molecular weight is 193 g/mol. The molecule has 1 aromatic rings. The van der Waals surface area contributed by atoms with E-state index >= 15 is 0 Å². The van der Waals surface area contributed by atoms with Gasteiger partial charge in [0.15, 0.2) is 0 Å². The molecular formula is C10H15N3O. The van der Waals surface area contributed by atoms with Crippen LogP contribution in [0, 0.1) is 0 Å². The van der Waals surface area contributed by atoms with Crippen LogP contribution in [0.4, 0.5) is 5.82 Å². The molecule has 4 nitrogen and oxygen atoms in total. The van der Waals surface area contributed by atoms with Gasteiger partial charge in [0.1, 0.15) is 5.82 Å². The van der Waals surface area contributed by atoms with Crippen molar-refractivity contribution in [2.45, 2.75) is 37.7 Å². The predicted molar refractivity (Wildman–Crippen MR) is 53.7 cm³/mol. The number of hydrogen-bond acceptors (Lipinski definition) is 4. The van der Waals surface area contributed by atoms with Crippen LogP contribution in [-0.4, -0.2) is 21.4 Å². The molecule has 76 valence electrons. The molecule has 1 aromatic heterocycles. The lowest BCUT2D eigenvalue weighted by Crippen LogP contribution is -2.23. The van der Waals surface area contributed by atoms with Gasteiger partial charge in [0.25, 0.3) is 0 Å². The number of nitrogens with zero attached hydrogens (tertiary/aromatic N) is 2. The Balaban J connectivity index is 2.25. The van der Waals surface area contributed by atoms with Crippen LogP contribution in [0.3, 0.4) is 0 Å². The van der Waals surface area contributed by atoms with Crippen LogP contribution in [0.15, 0.2) is 12.3 Å². The van der Waals surface area contributed by atoms with Gasteiger partial charge in [0.05, 0.1) is 12.3 Å². The highest BCUT2D eigenvalue weighted by Crippen LogP contribution is 2.34. The van der Waals surface area contributed by atoms with Crippen LogP contribution in [0.5, 0.6) is 0 Å². The van der Waals surface area contributed by atoms with Crippen LogP contribution in [0.25, 0.3) is 0 Å². The van der Waals surface area contributed by atoms with E-state index in [1.54, 1.807) is 6.20 Å². The predicted octanol–water partition coefficient (Wildman–Crippen LogP) is 1.08. The second-order valence-corrected chi connectivity index (χ2v) is 3.83. The molecule has 1 aliphatic carbocycles. The Kier molecular flexibility index (Phi) is 2.63. The van der Waals surface area contributed by atoms with Gasteiger partial charge in [-0.15, -0.1) is 5.10 Å². The summed E-state index contributed by atoms with van der Waals surface area (Å²) in [6, 6.07) is 1.86. The molecule has 0 bridgehead atoms. The first-order valence-electron chi connectivity index (χ1n) is 5.04. The van der Waals surface area contributed by atoms with E-state index < -0.39 is 0 Å².